The van der Waals surface area contributed by atoms with Crippen molar-refractivity contribution in [2.45, 2.75) is 25.3 Å². The zero-order valence-electron chi connectivity index (χ0n) is 13.5. The maximum atomic E-state index is 12.7. The highest BCUT2D eigenvalue weighted by molar-refractivity contribution is 5.80. The zero-order valence-corrected chi connectivity index (χ0v) is 13.5. The van der Waals surface area contributed by atoms with Gasteiger partial charge in [0.05, 0.1) is 5.69 Å². The lowest BCUT2D eigenvalue weighted by molar-refractivity contribution is -0.137. The molecule has 3 fully saturated rings. The first-order valence-corrected chi connectivity index (χ1v) is 8.74. The van der Waals surface area contributed by atoms with Crippen molar-refractivity contribution in [3.05, 3.63) is 24.3 Å². The van der Waals surface area contributed by atoms with Gasteiger partial charge < -0.3 is 10.6 Å². The Hall–Kier alpha value is -1.53. The molecule has 6 nitrogen and oxygen atoms in total. The number of hydrogen-bond acceptors (Lipinski definition) is 5. The number of carbonyl (C=O) groups is 1. The van der Waals surface area contributed by atoms with Gasteiger partial charge >= 0.3 is 0 Å². The molecule has 2 saturated carbocycles. The van der Waals surface area contributed by atoms with Gasteiger partial charge in [0, 0.05) is 69.7 Å². The number of nitrogens with zero attached hydrogens (tertiary/aromatic N) is 4. The molecule has 0 unspecified atom stereocenters. The maximum Gasteiger partial charge on any atom is 0.226 e. The molecule has 2 heterocycles. The van der Waals surface area contributed by atoms with E-state index in [1.807, 2.05) is 6.20 Å². The van der Waals surface area contributed by atoms with E-state index in [1.165, 1.54) is 6.42 Å². The molecular formula is C17H25N5O. The van der Waals surface area contributed by atoms with Crippen LogP contribution in [0.4, 0.5) is 0 Å². The van der Waals surface area contributed by atoms with Gasteiger partial charge in [0.25, 0.3) is 0 Å². The highest BCUT2D eigenvalue weighted by atomic mass is 16.2. The summed E-state index contributed by atoms with van der Waals surface area (Å²) >= 11 is 0. The Morgan fingerprint density at radius 1 is 1.17 bits per heavy atom. The average Bonchev–Trinajstić information content (AvgIpc) is 3.33. The molecule has 0 aromatic carbocycles. The van der Waals surface area contributed by atoms with E-state index in [1.54, 1.807) is 12.4 Å². The first-order valence-electron chi connectivity index (χ1n) is 8.74. The quantitative estimate of drug-likeness (QED) is 0.856. The van der Waals surface area contributed by atoms with Gasteiger partial charge in [-0.3, -0.25) is 19.7 Å². The predicted octanol–water partition coefficient (Wildman–Crippen LogP) is 0.147. The van der Waals surface area contributed by atoms with Gasteiger partial charge in [0.15, 0.2) is 0 Å². The van der Waals surface area contributed by atoms with Crippen molar-refractivity contribution in [1.82, 2.24) is 19.8 Å². The van der Waals surface area contributed by atoms with Crippen LogP contribution in [0.1, 0.15) is 18.5 Å². The van der Waals surface area contributed by atoms with Gasteiger partial charge in [-0.25, -0.2) is 0 Å². The summed E-state index contributed by atoms with van der Waals surface area (Å²) in [5, 5.41) is 0. The van der Waals surface area contributed by atoms with Gasteiger partial charge in [0.1, 0.15) is 0 Å². The average molecular weight is 315 g/mol. The molecule has 6 heteroatoms. The van der Waals surface area contributed by atoms with Crippen molar-refractivity contribution < 1.29 is 4.79 Å². The van der Waals surface area contributed by atoms with Crippen LogP contribution in [0.25, 0.3) is 0 Å². The summed E-state index contributed by atoms with van der Waals surface area (Å²) in [6, 6.07) is 0.266. The smallest absolute Gasteiger partial charge is 0.226 e. The Morgan fingerprint density at radius 3 is 2.61 bits per heavy atom. The molecule has 23 heavy (non-hydrogen) atoms. The molecule has 2 N–H and O–H groups in total. The van der Waals surface area contributed by atoms with Crippen molar-refractivity contribution in [2.75, 3.05) is 32.7 Å². The molecule has 124 valence electrons. The van der Waals surface area contributed by atoms with Gasteiger partial charge in [-0.1, -0.05) is 0 Å². The third-order valence-electron chi connectivity index (χ3n) is 5.79. The largest absolute Gasteiger partial charge is 0.340 e. The van der Waals surface area contributed by atoms with E-state index in [-0.39, 0.29) is 12.0 Å². The first kappa shape index (κ1) is 15.0. The summed E-state index contributed by atoms with van der Waals surface area (Å²) in [4.78, 5) is 25.6. The van der Waals surface area contributed by atoms with Crippen LogP contribution in [0.5, 0.6) is 0 Å². The minimum atomic E-state index is 0.209. The third kappa shape index (κ3) is 3.10. The number of piperazine rings is 1. The summed E-state index contributed by atoms with van der Waals surface area (Å²) in [6.45, 7) is 4.60. The van der Waals surface area contributed by atoms with E-state index in [9.17, 15) is 4.79 Å². The Morgan fingerprint density at radius 2 is 2.00 bits per heavy atom. The standard InChI is InChI=1S/C17H25N5O/c18-16-10-15(13-9-14(13)16)17(23)22-7-5-21(6-8-22)4-1-12-11-19-2-3-20-12/h2-3,11,13-16H,1,4-10,18H2/t13-,14+,15-,16+/m0/s1. The van der Waals surface area contributed by atoms with Gasteiger partial charge in [0.2, 0.25) is 5.91 Å². The summed E-state index contributed by atoms with van der Waals surface area (Å²) in [7, 11) is 0. The fourth-order valence-electron chi connectivity index (χ4n) is 4.28. The van der Waals surface area contributed by atoms with E-state index in [2.05, 4.69) is 19.8 Å². The van der Waals surface area contributed by atoms with Gasteiger partial charge in [-0.15, -0.1) is 0 Å². The Labute approximate surface area is 137 Å². The highest BCUT2D eigenvalue weighted by Crippen LogP contribution is 2.55. The SMILES string of the molecule is N[C@@H]1C[C@H](C(=O)N2CCN(CCc3cnccn3)CC2)[C@H]2C[C@H]21. The number of hydrogen-bond donors (Lipinski definition) is 1. The van der Waals surface area contributed by atoms with Crippen molar-refractivity contribution >= 4 is 5.91 Å². The Balaban J connectivity index is 1.24. The van der Waals surface area contributed by atoms with E-state index in [4.69, 9.17) is 5.73 Å². The van der Waals surface area contributed by atoms with E-state index in [0.717, 1.165) is 51.3 Å². The third-order valence-corrected chi connectivity index (χ3v) is 5.79. The zero-order chi connectivity index (χ0) is 15.8. The summed E-state index contributed by atoms with van der Waals surface area (Å²) in [5.41, 5.74) is 7.14. The second-order valence-electron chi connectivity index (χ2n) is 7.18. The molecule has 1 aromatic rings. The number of nitrogens with two attached hydrogens (primary N) is 1. The van der Waals surface area contributed by atoms with Crippen LogP contribution >= 0.6 is 0 Å². The lowest BCUT2D eigenvalue weighted by Gasteiger charge is -2.36. The normalized spacial score (nSPS) is 33.5. The lowest BCUT2D eigenvalue weighted by atomic mass is 10.00. The molecule has 1 saturated heterocycles. The molecule has 2 aliphatic carbocycles. The van der Waals surface area contributed by atoms with Crippen LogP contribution in [0.2, 0.25) is 0 Å². The predicted molar refractivity (Wildman–Crippen MR) is 86.4 cm³/mol. The van der Waals surface area contributed by atoms with Crippen LogP contribution in [0, 0.1) is 17.8 Å². The van der Waals surface area contributed by atoms with Crippen molar-refractivity contribution in [1.29, 1.82) is 0 Å². The minimum absolute atomic E-state index is 0.209. The Kier molecular flexibility index (Phi) is 4.03. The molecule has 1 aromatic heterocycles. The molecule has 4 rings (SSSR count). The second kappa shape index (κ2) is 6.17. The van der Waals surface area contributed by atoms with Crippen LogP contribution in [0.3, 0.4) is 0 Å². The number of aromatic nitrogens is 2. The molecule has 0 bridgehead atoms. The summed E-state index contributed by atoms with van der Waals surface area (Å²) in [6.07, 6.45) is 8.27. The molecule has 1 amide bonds. The summed E-state index contributed by atoms with van der Waals surface area (Å²) < 4.78 is 0. The molecule has 1 aliphatic heterocycles. The van der Waals surface area contributed by atoms with Gasteiger partial charge in [-0.05, 0) is 24.7 Å². The van der Waals surface area contributed by atoms with Crippen LogP contribution in [-0.4, -0.2) is 64.4 Å². The van der Waals surface area contributed by atoms with Gasteiger partial charge in [-0.2, -0.15) is 0 Å². The van der Waals surface area contributed by atoms with E-state index < -0.39 is 0 Å². The van der Waals surface area contributed by atoms with Crippen LogP contribution < -0.4 is 5.73 Å². The monoisotopic (exact) mass is 315 g/mol. The van der Waals surface area contributed by atoms with Crippen molar-refractivity contribution in [3.63, 3.8) is 0 Å². The molecule has 4 atom stereocenters. The summed E-state index contributed by atoms with van der Waals surface area (Å²) in [5.74, 6) is 1.80. The fraction of sp³-hybridized carbons (Fsp3) is 0.706. The highest BCUT2D eigenvalue weighted by Gasteiger charge is 2.56. The van der Waals surface area contributed by atoms with Crippen LogP contribution in [-0.2, 0) is 11.2 Å². The topological polar surface area (TPSA) is 75.4 Å². The van der Waals surface area contributed by atoms with E-state index >= 15 is 0 Å². The first-order chi connectivity index (χ1) is 11.2. The number of amides is 1. The number of carbonyl (C=O) groups excluding carboxylic acids is 1. The number of rotatable bonds is 4. The molecule has 0 radical (unpaired) electrons. The minimum Gasteiger partial charge on any atom is -0.340 e. The van der Waals surface area contributed by atoms with E-state index in [0.29, 0.717) is 17.7 Å². The van der Waals surface area contributed by atoms with Crippen LogP contribution in [0.15, 0.2) is 18.6 Å². The lowest BCUT2D eigenvalue weighted by Crippen LogP contribution is -2.51. The second-order valence-corrected chi connectivity index (χ2v) is 7.18. The maximum absolute atomic E-state index is 12.7. The fourth-order valence-corrected chi connectivity index (χ4v) is 4.28. The molecular weight excluding hydrogens is 290 g/mol. The van der Waals surface area contributed by atoms with Crippen molar-refractivity contribution in [2.24, 2.45) is 23.5 Å². The number of fused-ring (bicyclic) bond motifs is 1. The Bertz CT molecular complexity index is 557. The molecule has 3 aliphatic rings. The molecule has 0 spiro atoms. The van der Waals surface area contributed by atoms with Crippen molar-refractivity contribution in [3.8, 4) is 0 Å².